The van der Waals surface area contributed by atoms with Gasteiger partial charge in [-0.1, -0.05) is 30.3 Å². The number of amides is 2. The molecule has 0 aliphatic carbocycles. The number of aryl methyl sites for hydroxylation is 2. The minimum atomic E-state index is -0.530. The third-order valence-electron chi connectivity index (χ3n) is 4.00. The molecule has 0 aliphatic rings. The van der Waals surface area contributed by atoms with Crippen molar-refractivity contribution >= 4 is 17.5 Å². The highest BCUT2D eigenvalue weighted by molar-refractivity contribution is 5.99. The lowest BCUT2D eigenvalue weighted by molar-refractivity contribution is -0.115. The maximum absolute atomic E-state index is 13.7. The molecule has 0 aliphatic heterocycles. The number of nitrogens with zero attached hydrogens (tertiary/aromatic N) is 2. The number of nitrogens with one attached hydrogen (secondary N) is 2. The van der Waals surface area contributed by atoms with Gasteiger partial charge in [-0.25, -0.2) is 4.39 Å². The lowest BCUT2D eigenvalue weighted by Gasteiger charge is -2.13. The van der Waals surface area contributed by atoms with E-state index in [4.69, 9.17) is 4.74 Å². The molecule has 3 rings (SSSR count). The van der Waals surface area contributed by atoms with Crippen LogP contribution in [0.25, 0.3) is 0 Å². The first-order valence-corrected chi connectivity index (χ1v) is 8.85. The van der Waals surface area contributed by atoms with Crippen molar-refractivity contribution in [2.45, 2.75) is 13.8 Å². The number of halogens is 1. The van der Waals surface area contributed by atoms with Gasteiger partial charge in [0.05, 0.1) is 23.6 Å². The van der Waals surface area contributed by atoms with Crippen LogP contribution in [0.3, 0.4) is 0 Å². The van der Waals surface area contributed by atoms with Crippen LogP contribution in [0.5, 0.6) is 11.8 Å². The monoisotopic (exact) mass is 394 g/mol. The maximum atomic E-state index is 13.7. The zero-order valence-electron chi connectivity index (χ0n) is 15.9. The fourth-order valence-electron chi connectivity index (χ4n) is 2.57. The van der Waals surface area contributed by atoms with Crippen LogP contribution in [0.15, 0.2) is 54.6 Å². The topological polar surface area (TPSA) is 93.2 Å². The average molecular weight is 394 g/mol. The Bertz CT molecular complexity index is 1020. The molecule has 0 saturated carbocycles. The van der Waals surface area contributed by atoms with Crippen molar-refractivity contribution in [3.63, 3.8) is 0 Å². The molecule has 8 heteroatoms. The van der Waals surface area contributed by atoms with Gasteiger partial charge in [0.25, 0.3) is 5.91 Å². The van der Waals surface area contributed by atoms with Gasteiger partial charge in [-0.05, 0) is 38.1 Å². The van der Waals surface area contributed by atoms with Crippen molar-refractivity contribution < 1.29 is 18.7 Å². The highest BCUT2D eigenvalue weighted by Crippen LogP contribution is 2.25. The largest absolute Gasteiger partial charge is 0.421 e. The first-order valence-electron chi connectivity index (χ1n) is 8.85. The Morgan fingerprint density at radius 2 is 1.59 bits per heavy atom. The van der Waals surface area contributed by atoms with E-state index in [1.165, 1.54) is 12.1 Å². The van der Waals surface area contributed by atoms with Crippen molar-refractivity contribution in [1.29, 1.82) is 0 Å². The van der Waals surface area contributed by atoms with E-state index in [0.29, 0.717) is 22.6 Å². The number of benzene rings is 2. The molecule has 0 unspecified atom stereocenters. The molecule has 2 aromatic carbocycles. The van der Waals surface area contributed by atoms with E-state index in [1.807, 2.05) is 0 Å². The molecule has 0 saturated heterocycles. The van der Waals surface area contributed by atoms with Gasteiger partial charge in [-0.3, -0.25) is 9.59 Å². The van der Waals surface area contributed by atoms with Gasteiger partial charge in [0.2, 0.25) is 5.91 Å². The Hall–Kier alpha value is -3.81. The molecule has 2 amide bonds. The normalized spacial score (nSPS) is 10.3. The molecular formula is C21H19FN4O3. The van der Waals surface area contributed by atoms with Crippen molar-refractivity contribution in [2.75, 3.05) is 11.9 Å². The molecule has 0 spiro atoms. The van der Waals surface area contributed by atoms with E-state index in [9.17, 15) is 14.0 Å². The molecule has 2 N–H and O–H groups in total. The van der Waals surface area contributed by atoms with E-state index >= 15 is 0 Å². The molecule has 29 heavy (non-hydrogen) atoms. The summed E-state index contributed by atoms with van der Waals surface area (Å²) in [5.41, 5.74) is 1.77. The lowest BCUT2D eigenvalue weighted by atomic mass is 10.2. The smallest absolute Gasteiger partial charge is 0.322 e. The number of para-hydroxylation sites is 1. The summed E-state index contributed by atoms with van der Waals surface area (Å²) in [6.45, 7) is 3.13. The number of carbonyl (C=O) groups excluding carboxylic acids is 2. The highest BCUT2D eigenvalue weighted by Gasteiger charge is 2.15. The zero-order chi connectivity index (χ0) is 20.8. The first kappa shape index (κ1) is 19.9. The SMILES string of the molecule is Cc1nc(Oc2ccccc2F)nc(C)c1NC(=O)CNC(=O)c1ccccc1. The Labute approximate surface area is 167 Å². The average Bonchev–Trinajstić information content (AvgIpc) is 2.71. The molecule has 1 aromatic heterocycles. The van der Waals surface area contributed by atoms with E-state index < -0.39 is 11.7 Å². The van der Waals surface area contributed by atoms with Crippen LogP contribution in [0.1, 0.15) is 21.7 Å². The standard InChI is InChI=1S/C21H19FN4O3/c1-13-19(26-18(27)12-23-20(28)15-8-4-3-5-9-15)14(2)25-21(24-13)29-17-11-7-6-10-16(17)22/h3-11H,12H2,1-2H3,(H,23,28)(H,26,27). The first-order chi connectivity index (χ1) is 13.9. The molecule has 7 nitrogen and oxygen atoms in total. The van der Waals surface area contributed by atoms with Crippen LogP contribution >= 0.6 is 0 Å². The van der Waals surface area contributed by atoms with Gasteiger partial charge >= 0.3 is 6.01 Å². The summed E-state index contributed by atoms with van der Waals surface area (Å²) >= 11 is 0. The summed E-state index contributed by atoms with van der Waals surface area (Å²) in [7, 11) is 0. The summed E-state index contributed by atoms with van der Waals surface area (Å²) in [5.74, 6) is -1.30. The molecule has 3 aromatic rings. The number of ether oxygens (including phenoxy) is 1. The summed E-state index contributed by atoms with van der Waals surface area (Å²) < 4.78 is 19.1. The van der Waals surface area contributed by atoms with Gasteiger partial charge in [0.1, 0.15) is 0 Å². The number of carbonyl (C=O) groups is 2. The maximum Gasteiger partial charge on any atom is 0.322 e. The van der Waals surface area contributed by atoms with Crippen molar-refractivity contribution in [2.24, 2.45) is 0 Å². The fourth-order valence-corrected chi connectivity index (χ4v) is 2.57. The zero-order valence-corrected chi connectivity index (χ0v) is 15.9. The van der Waals surface area contributed by atoms with Crippen LogP contribution in [0, 0.1) is 19.7 Å². The number of rotatable bonds is 6. The van der Waals surface area contributed by atoms with E-state index in [2.05, 4.69) is 20.6 Å². The van der Waals surface area contributed by atoms with Crippen LogP contribution < -0.4 is 15.4 Å². The molecule has 0 bridgehead atoms. The molecule has 1 heterocycles. The second-order valence-corrected chi connectivity index (χ2v) is 6.18. The number of anilines is 1. The third kappa shape index (κ3) is 5.13. The molecule has 148 valence electrons. The van der Waals surface area contributed by atoms with Gasteiger partial charge in [-0.2, -0.15) is 9.97 Å². The van der Waals surface area contributed by atoms with Gasteiger partial charge in [-0.15, -0.1) is 0 Å². The minimum absolute atomic E-state index is 0.00621. The summed E-state index contributed by atoms with van der Waals surface area (Å²) in [6.07, 6.45) is 0. The van der Waals surface area contributed by atoms with Crippen molar-refractivity contribution in [3.8, 4) is 11.8 Å². The second kappa shape index (κ2) is 8.92. The highest BCUT2D eigenvalue weighted by atomic mass is 19.1. The quantitative estimate of drug-likeness (QED) is 0.668. The summed E-state index contributed by atoms with van der Waals surface area (Å²) in [4.78, 5) is 32.6. The van der Waals surface area contributed by atoms with Crippen LogP contribution in [-0.2, 0) is 4.79 Å². The Kier molecular flexibility index (Phi) is 6.13. The predicted molar refractivity (Wildman–Crippen MR) is 105 cm³/mol. The van der Waals surface area contributed by atoms with Gasteiger partial charge < -0.3 is 15.4 Å². The Balaban J connectivity index is 1.64. The van der Waals surface area contributed by atoms with Crippen LogP contribution in [0.4, 0.5) is 10.1 Å². The number of hydrogen-bond donors (Lipinski definition) is 2. The third-order valence-corrected chi connectivity index (χ3v) is 4.00. The van der Waals surface area contributed by atoms with Gasteiger partial charge in [0, 0.05) is 5.56 Å². The second-order valence-electron chi connectivity index (χ2n) is 6.18. The molecule has 0 atom stereocenters. The molecular weight excluding hydrogens is 375 g/mol. The Morgan fingerprint density at radius 3 is 2.24 bits per heavy atom. The van der Waals surface area contributed by atoms with E-state index in [0.717, 1.165) is 0 Å². The predicted octanol–water partition coefficient (Wildman–Crippen LogP) is 3.39. The van der Waals surface area contributed by atoms with E-state index in [-0.39, 0.29) is 24.2 Å². The Morgan fingerprint density at radius 1 is 0.966 bits per heavy atom. The number of aromatic nitrogens is 2. The van der Waals surface area contributed by atoms with E-state index in [1.54, 1.807) is 56.3 Å². The van der Waals surface area contributed by atoms with Gasteiger partial charge in [0.15, 0.2) is 11.6 Å². The van der Waals surface area contributed by atoms with Crippen molar-refractivity contribution in [3.05, 3.63) is 77.4 Å². The van der Waals surface area contributed by atoms with Crippen LogP contribution in [0.2, 0.25) is 0 Å². The van der Waals surface area contributed by atoms with Crippen LogP contribution in [-0.4, -0.2) is 28.3 Å². The summed E-state index contributed by atoms with van der Waals surface area (Å²) in [5, 5.41) is 5.23. The van der Waals surface area contributed by atoms with Crippen molar-refractivity contribution in [1.82, 2.24) is 15.3 Å². The molecule has 0 fully saturated rings. The summed E-state index contributed by atoms with van der Waals surface area (Å²) in [6, 6.07) is 14.5. The minimum Gasteiger partial charge on any atom is -0.421 e. The fraction of sp³-hybridized carbons (Fsp3) is 0.143. The number of hydrogen-bond acceptors (Lipinski definition) is 5. The lowest BCUT2D eigenvalue weighted by Crippen LogP contribution is -2.33. The molecule has 0 radical (unpaired) electrons.